The number of nitrogens with zero attached hydrogens (tertiary/aromatic N) is 2. The second-order valence-electron chi connectivity index (χ2n) is 13.5. The Balaban J connectivity index is 1.17. The first kappa shape index (κ1) is 39.8. The van der Waals surface area contributed by atoms with Gasteiger partial charge in [0.2, 0.25) is 0 Å². The van der Waals surface area contributed by atoms with Gasteiger partial charge in [0.25, 0.3) is 5.91 Å². The molecule has 0 bridgehead atoms. The third-order valence-electron chi connectivity index (χ3n) is 9.59. The van der Waals surface area contributed by atoms with E-state index >= 15 is 0 Å². The van der Waals surface area contributed by atoms with E-state index in [1.54, 1.807) is 66.8 Å². The average molecular weight is 742 g/mol. The van der Waals surface area contributed by atoms with Crippen LogP contribution in [0.15, 0.2) is 90.1 Å². The van der Waals surface area contributed by atoms with Crippen LogP contribution in [0.5, 0.6) is 11.5 Å². The first-order valence-electron chi connectivity index (χ1n) is 18.5. The van der Waals surface area contributed by atoms with E-state index in [9.17, 15) is 14.4 Å². The number of benzene rings is 3. The fourth-order valence-corrected chi connectivity index (χ4v) is 6.62. The monoisotopic (exact) mass is 741 g/mol. The molecular weight excluding hydrogens is 690 g/mol. The van der Waals surface area contributed by atoms with E-state index in [0.717, 1.165) is 29.5 Å². The maximum Gasteiger partial charge on any atom is 0.407 e. The highest BCUT2D eigenvalue weighted by Gasteiger charge is 2.43. The predicted octanol–water partition coefficient (Wildman–Crippen LogP) is 6.81. The number of alkyl carbamates (subject to hydrolysis) is 1. The number of ether oxygens (including phenoxy) is 5. The molecule has 0 aliphatic carbocycles. The van der Waals surface area contributed by atoms with Gasteiger partial charge in [-0.05, 0) is 85.7 Å². The van der Waals surface area contributed by atoms with Crippen LogP contribution in [-0.2, 0) is 23.8 Å². The van der Waals surface area contributed by atoms with Crippen molar-refractivity contribution in [3.8, 4) is 11.5 Å². The Morgan fingerprint density at radius 1 is 0.944 bits per heavy atom. The molecule has 2 aliphatic rings. The fourth-order valence-electron chi connectivity index (χ4n) is 6.62. The second kappa shape index (κ2) is 19.6. The molecule has 288 valence electrons. The number of oxime groups is 1. The predicted molar refractivity (Wildman–Crippen MR) is 204 cm³/mol. The summed E-state index contributed by atoms with van der Waals surface area (Å²) >= 11 is 0. The normalized spacial score (nSPS) is 22.4. The number of carbonyl (C=O) groups excluding carboxylic acids is 3. The highest BCUT2D eigenvalue weighted by molar-refractivity contribution is 5.98. The quantitative estimate of drug-likeness (QED) is 0.0587. The number of esters is 1. The number of nitrogens with one attached hydrogen (secondary N) is 1. The Morgan fingerprint density at radius 3 is 2.35 bits per heavy atom. The van der Waals surface area contributed by atoms with Crippen LogP contribution in [0.25, 0.3) is 0 Å². The first-order chi connectivity index (χ1) is 26.2. The molecule has 12 heteroatoms. The number of hydrogen-bond acceptors (Lipinski definition) is 10. The Morgan fingerprint density at radius 2 is 1.67 bits per heavy atom. The maximum atomic E-state index is 14.1. The molecule has 0 radical (unpaired) electrons. The van der Waals surface area contributed by atoms with E-state index in [1.165, 1.54) is 7.11 Å². The number of carbonyl (C=O) groups is 3. The molecule has 54 heavy (non-hydrogen) atoms. The minimum absolute atomic E-state index is 0.00145. The van der Waals surface area contributed by atoms with Crippen LogP contribution < -0.4 is 14.8 Å². The van der Waals surface area contributed by atoms with Crippen LogP contribution >= 0.6 is 0 Å². The van der Waals surface area contributed by atoms with Crippen molar-refractivity contribution >= 4 is 24.2 Å². The molecule has 0 spiro atoms. The van der Waals surface area contributed by atoms with Gasteiger partial charge in [-0.1, -0.05) is 67.0 Å². The number of rotatable bonds is 15. The molecule has 6 atom stereocenters. The molecule has 2 aliphatic heterocycles. The van der Waals surface area contributed by atoms with Crippen molar-refractivity contribution < 1.29 is 42.9 Å². The van der Waals surface area contributed by atoms with Gasteiger partial charge in [0, 0.05) is 18.5 Å². The van der Waals surface area contributed by atoms with E-state index < -0.39 is 30.3 Å². The summed E-state index contributed by atoms with van der Waals surface area (Å²) in [6.07, 6.45) is 6.14. The van der Waals surface area contributed by atoms with E-state index in [4.69, 9.17) is 28.5 Å². The largest absolute Gasteiger partial charge is 0.497 e. The number of aryl methyl sites for hydroxylation is 1. The molecule has 0 saturated carbocycles. The molecule has 0 aromatic heterocycles. The molecular formula is C42H51N3O9. The van der Waals surface area contributed by atoms with Gasteiger partial charge in [-0.3, -0.25) is 4.79 Å². The molecule has 0 unspecified atom stereocenters. The number of hydrogen-bond donors (Lipinski definition) is 1. The molecule has 1 fully saturated rings. The summed E-state index contributed by atoms with van der Waals surface area (Å²) in [5.41, 5.74) is 3.32. The lowest BCUT2D eigenvalue weighted by molar-refractivity contribution is -0.149. The minimum atomic E-state index is -0.678. The molecule has 3 aromatic rings. The number of piperidine rings is 1. The Hall–Kier alpha value is -5.36. The molecule has 5 rings (SSSR count). The smallest absolute Gasteiger partial charge is 0.407 e. The van der Waals surface area contributed by atoms with Crippen molar-refractivity contribution in [2.24, 2.45) is 11.1 Å². The summed E-state index contributed by atoms with van der Waals surface area (Å²) in [6, 6.07) is 21.4. The molecule has 1 N–H and O–H groups in total. The highest BCUT2D eigenvalue weighted by atomic mass is 16.6. The van der Waals surface area contributed by atoms with Crippen molar-refractivity contribution in [1.29, 1.82) is 0 Å². The SMILES string of the molecule is CCCNC(=O)OC[C@H]1O[C@H](CCON=Cc2ccc(C(=O)N3[C@H](C(=O)OC)CC[C@H](C)[C@@H]3c3ccc(C)cc3)cc2)C=C[C@H]1Oc1ccc(OC)cc1. The zero-order chi connectivity index (χ0) is 38.5. The molecule has 1 saturated heterocycles. The van der Waals surface area contributed by atoms with Gasteiger partial charge in [-0.25, -0.2) is 9.59 Å². The van der Waals surface area contributed by atoms with Crippen molar-refractivity contribution in [2.45, 2.75) is 76.9 Å². The maximum absolute atomic E-state index is 14.1. The van der Waals surface area contributed by atoms with Crippen molar-refractivity contribution in [1.82, 2.24) is 10.2 Å². The lowest BCUT2D eigenvalue weighted by atomic mass is 9.82. The van der Waals surface area contributed by atoms with Gasteiger partial charge in [-0.15, -0.1) is 0 Å². The minimum Gasteiger partial charge on any atom is -0.497 e. The summed E-state index contributed by atoms with van der Waals surface area (Å²) in [4.78, 5) is 46.4. The van der Waals surface area contributed by atoms with Crippen LogP contribution in [-0.4, -0.2) is 87.4 Å². The van der Waals surface area contributed by atoms with Crippen molar-refractivity contribution in [3.63, 3.8) is 0 Å². The van der Waals surface area contributed by atoms with Crippen LogP contribution in [0, 0.1) is 12.8 Å². The van der Waals surface area contributed by atoms with Gasteiger partial charge in [-0.2, -0.15) is 0 Å². The van der Waals surface area contributed by atoms with Crippen LogP contribution in [0.2, 0.25) is 0 Å². The summed E-state index contributed by atoms with van der Waals surface area (Å²) in [5, 5.41) is 6.83. The summed E-state index contributed by atoms with van der Waals surface area (Å²) in [5.74, 6) is 0.847. The summed E-state index contributed by atoms with van der Waals surface area (Å²) < 4.78 is 28.2. The number of amides is 2. The Labute approximate surface area is 317 Å². The zero-order valence-corrected chi connectivity index (χ0v) is 31.6. The van der Waals surface area contributed by atoms with E-state index in [1.807, 2.05) is 50.3 Å². The molecule has 3 aromatic carbocycles. The van der Waals surface area contributed by atoms with E-state index in [-0.39, 0.29) is 37.2 Å². The highest BCUT2D eigenvalue weighted by Crippen LogP contribution is 2.40. The first-order valence-corrected chi connectivity index (χ1v) is 18.5. The Kier molecular flexibility index (Phi) is 14.5. The Bertz CT molecular complexity index is 1730. The van der Waals surface area contributed by atoms with Gasteiger partial charge in [0.1, 0.15) is 43.0 Å². The van der Waals surface area contributed by atoms with Crippen molar-refractivity contribution in [2.75, 3.05) is 34.0 Å². The van der Waals surface area contributed by atoms with Gasteiger partial charge in [0.15, 0.2) is 0 Å². The molecule has 2 heterocycles. The van der Waals surface area contributed by atoms with E-state index in [0.29, 0.717) is 36.4 Å². The lowest BCUT2D eigenvalue weighted by Gasteiger charge is -2.44. The standard InChI is InChI=1S/C42H51N3O9/c1-6-24-43-42(48)51-27-38-37(53-34-18-16-33(49-4)17-19-34)22-20-35(54-38)23-25-52-44-26-30-10-14-32(15-11-30)40(46)45-36(41(47)50-5)21-9-29(3)39(45)31-12-7-28(2)8-13-31/h7-8,10-20,22,26,29,35-39H,6,9,21,23-25,27H2,1-5H3,(H,43,48)/t29-,35-,36-,37+,38+,39+/m0/s1. The van der Waals surface area contributed by atoms with Gasteiger partial charge in [0.05, 0.1) is 32.6 Å². The third kappa shape index (κ3) is 10.6. The van der Waals surface area contributed by atoms with Crippen LogP contribution in [0.1, 0.15) is 72.6 Å². The van der Waals surface area contributed by atoms with Gasteiger partial charge >= 0.3 is 12.1 Å². The summed E-state index contributed by atoms with van der Waals surface area (Å²) in [6.45, 7) is 6.88. The van der Waals surface area contributed by atoms with E-state index in [2.05, 4.69) is 17.4 Å². The van der Waals surface area contributed by atoms with Crippen LogP contribution in [0.4, 0.5) is 4.79 Å². The lowest BCUT2D eigenvalue weighted by Crippen LogP contribution is -2.52. The fraction of sp³-hybridized carbons (Fsp3) is 0.429. The van der Waals surface area contributed by atoms with Crippen LogP contribution in [0.3, 0.4) is 0 Å². The van der Waals surface area contributed by atoms with Crippen molar-refractivity contribution in [3.05, 3.63) is 107 Å². The summed E-state index contributed by atoms with van der Waals surface area (Å²) in [7, 11) is 2.96. The second-order valence-corrected chi connectivity index (χ2v) is 13.5. The number of likely N-dealkylation sites (tertiary alicyclic amines) is 1. The van der Waals surface area contributed by atoms with Gasteiger partial charge < -0.3 is 38.7 Å². The average Bonchev–Trinajstić information content (AvgIpc) is 3.20. The topological polar surface area (TPSA) is 134 Å². The molecule has 12 nitrogen and oxygen atoms in total. The number of methoxy groups -OCH3 is 2. The molecule has 2 amide bonds. The zero-order valence-electron chi connectivity index (χ0n) is 31.6. The third-order valence-corrected chi connectivity index (χ3v) is 9.59.